The van der Waals surface area contributed by atoms with Crippen molar-refractivity contribution >= 4 is 6.09 Å². The van der Waals surface area contributed by atoms with E-state index in [-0.39, 0.29) is 12.2 Å². The molecule has 3 nitrogen and oxygen atoms in total. The lowest BCUT2D eigenvalue weighted by molar-refractivity contribution is 0.129. The summed E-state index contributed by atoms with van der Waals surface area (Å²) >= 11 is 0. The third kappa shape index (κ3) is 4.36. The maximum atomic E-state index is 12.0. The summed E-state index contributed by atoms with van der Waals surface area (Å²) in [6.07, 6.45) is 13.3. The fourth-order valence-electron chi connectivity index (χ4n) is 3.00. The van der Waals surface area contributed by atoms with E-state index >= 15 is 0 Å². The summed E-state index contributed by atoms with van der Waals surface area (Å²) in [4.78, 5) is 13.8. The third-order valence-corrected chi connectivity index (χ3v) is 4.54. The van der Waals surface area contributed by atoms with Crippen LogP contribution >= 0.6 is 0 Å². The molecular formula is C18H29NO2. The predicted octanol–water partition coefficient (Wildman–Crippen LogP) is 4.89. The SMILES string of the molecule is CCCCCCC1CN(C2=CCC(C(C)C)C=C2)C(=O)O1. The second-order valence-corrected chi connectivity index (χ2v) is 6.60. The van der Waals surface area contributed by atoms with Crippen LogP contribution < -0.4 is 0 Å². The first-order chi connectivity index (χ1) is 10.1. The van der Waals surface area contributed by atoms with Crippen molar-refractivity contribution in [2.45, 2.75) is 65.4 Å². The Morgan fingerprint density at radius 3 is 2.76 bits per heavy atom. The van der Waals surface area contributed by atoms with Gasteiger partial charge in [-0.2, -0.15) is 0 Å². The van der Waals surface area contributed by atoms with E-state index in [0.29, 0.717) is 18.4 Å². The predicted molar refractivity (Wildman–Crippen MR) is 85.9 cm³/mol. The van der Waals surface area contributed by atoms with Gasteiger partial charge in [-0.1, -0.05) is 52.2 Å². The number of unbranched alkanes of at least 4 members (excludes halogenated alkanes) is 3. The standard InChI is InChI=1S/C18H29NO2/c1-4-5-6-7-8-17-13-19(18(20)21-17)16-11-9-15(10-12-16)14(2)3/h9,11-12,14-15,17H,4-8,10,13H2,1-3H3. The molecule has 1 aliphatic heterocycles. The molecule has 1 saturated heterocycles. The van der Waals surface area contributed by atoms with E-state index in [1.165, 1.54) is 19.3 Å². The Morgan fingerprint density at radius 1 is 1.33 bits per heavy atom. The topological polar surface area (TPSA) is 29.5 Å². The van der Waals surface area contributed by atoms with Crippen LogP contribution in [0.2, 0.25) is 0 Å². The van der Waals surface area contributed by atoms with E-state index in [2.05, 4.69) is 39.0 Å². The van der Waals surface area contributed by atoms with E-state index in [4.69, 9.17) is 4.74 Å². The summed E-state index contributed by atoms with van der Waals surface area (Å²) in [5.74, 6) is 1.24. The summed E-state index contributed by atoms with van der Waals surface area (Å²) in [5.41, 5.74) is 1.02. The number of hydrogen-bond acceptors (Lipinski definition) is 2. The number of hydrogen-bond donors (Lipinski definition) is 0. The van der Waals surface area contributed by atoms with E-state index in [0.717, 1.165) is 25.0 Å². The van der Waals surface area contributed by atoms with Gasteiger partial charge in [-0.05, 0) is 37.2 Å². The molecule has 21 heavy (non-hydrogen) atoms. The van der Waals surface area contributed by atoms with E-state index in [1.54, 1.807) is 4.90 Å². The van der Waals surface area contributed by atoms with Gasteiger partial charge in [0.1, 0.15) is 6.10 Å². The number of rotatable bonds is 7. The molecule has 0 aromatic heterocycles. The fraction of sp³-hybridized carbons (Fsp3) is 0.722. The van der Waals surface area contributed by atoms with Crippen molar-refractivity contribution in [3.63, 3.8) is 0 Å². The minimum Gasteiger partial charge on any atom is -0.444 e. The van der Waals surface area contributed by atoms with Gasteiger partial charge >= 0.3 is 6.09 Å². The van der Waals surface area contributed by atoms with Gasteiger partial charge in [0.2, 0.25) is 0 Å². The molecule has 0 spiro atoms. The van der Waals surface area contributed by atoms with E-state index in [1.807, 2.05) is 0 Å². The molecule has 118 valence electrons. The Bertz CT molecular complexity index is 411. The summed E-state index contributed by atoms with van der Waals surface area (Å²) in [5, 5.41) is 0. The minimum absolute atomic E-state index is 0.0754. The van der Waals surface area contributed by atoms with Crippen molar-refractivity contribution in [2.75, 3.05) is 6.54 Å². The Morgan fingerprint density at radius 2 is 2.14 bits per heavy atom. The zero-order valence-electron chi connectivity index (χ0n) is 13.7. The first kappa shape index (κ1) is 16.1. The van der Waals surface area contributed by atoms with Crippen LogP contribution in [0.3, 0.4) is 0 Å². The van der Waals surface area contributed by atoms with Gasteiger partial charge in [-0.3, -0.25) is 4.90 Å². The van der Waals surface area contributed by atoms with Crippen molar-refractivity contribution in [3.05, 3.63) is 23.9 Å². The maximum absolute atomic E-state index is 12.0. The van der Waals surface area contributed by atoms with Crippen molar-refractivity contribution in [1.82, 2.24) is 4.90 Å². The molecule has 2 unspecified atom stereocenters. The molecule has 2 aliphatic rings. The molecule has 0 saturated carbocycles. The summed E-state index contributed by atoms with van der Waals surface area (Å²) in [7, 11) is 0. The van der Waals surface area contributed by atoms with Crippen LogP contribution in [0.25, 0.3) is 0 Å². The highest BCUT2D eigenvalue weighted by atomic mass is 16.6. The lowest BCUT2D eigenvalue weighted by Gasteiger charge is -2.22. The van der Waals surface area contributed by atoms with Gasteiger partial charge < -0.3 is 4.74 Å². The minimum atomic E-state index is -0.172. The van der Waals surface area contributed by atoms with Gasteiger partial charge in [-0.25, -0.2) is 4.79 Å². The average Bonchev–Trinajstić information content (AvgIpc) is 2.85. The zero-order chi connectivity index (χ0) is 15.2. The quantitative estimate of drug-likeness (QED) is 0.625. The molecule has 0 radical (unpaired) electrons. The average molecular weight is 291 g/mol. The Balaban J connectivity index is 1.82. The Kier molecular flexibility index (Phi) is 5.89. The molecule has 0 bridgehead atoms. The van der Waals surface area contributed by atoms with Crippen molar-refractivity contribution in [3.8, 4) is 0 Å². The molecule has 1 heterocycles. The fourth-order valence-corrected chi connectivity index (χ4v) is 3.00. The molecule has 2 atom stereocenters. The first-order valence-corrected chi connectivity index (χ1v) is 8.48. The highest BCUT2D eigenvalue weighted by Crippen LogP contribution is 2.28. The summed E-state index contributed by atoms with van der Waals surface area (Å²) in [6.45, 7) is 7.41. The molecule has 0 aromatic rings. The van der Waals surface area contributed by atoms with Crippen LogP contribution in [0.4, 0.5) is 4.79 Å². The molecule has 3 heteroatoms. The number of carbonyl (C=O) groups is 1. The number of allylic oxidation sites excluding steroid dienone is 3. The summed E-state index contributed by atoms with van der Waals surface area (Å²) in [6, 6.07) is 0. The molecule has 2 rings (SSSR count). The number of carbonyl (C=O) groups excluding carboxylic acids is 1. The van der Waals surface area contributed by atoms with Crippen LogP contribution in [0.5, 0.6) is 0 Å². The highest BCUT2D eigenvalue weighted by Gasteiger charge is 2.33. The van der Waals surface area contributed by atoms with Crippen molar-refractivity contribution in [2.24, 2.45) is 11.8 Å². The van der Waals surface area contributed by atoms with E-state index < -0.39 is 0 Å². The summed E-state index contributed by atoms with van der Waals surface area (Å²) < 4.78 is 5.49. The van der Waals surface area contributed by atoms with Crippen LogP contribution in [-0.2, 0) is 4.74 Å². The lowest BCUT2D eigenvalue weighted by atomic mass is 9.89. The maximum Gasteiger partial charge on any atom is 0.414 e. The number of ether oxygens (including phenoxy) is 1. The smallest absolute Gasteiger partial charge is 0.414 e. The molecule has 1 aliphatic carbocycles. The molecule has 0 aromatic carbocycles. The Hall–Kier alpha value is -1.25. The van der Waals surface area contributed by atoms with Gasteiger partial charge in [0.05, 0.1) is 6.54 Å². The number of amides is 1. The van der Waals surface area contributed by atoms with Gasteiger partial charge in [-0.15, -0.1) is 0 Å². The normalized spacial score (nSPS) is 25.4. The van der Waals surface area contributed by atoms with Gasteiger partial charge in [0.15, 0.2) is 0 Å². The van der Waals surface area contributed by atoms with Crippen LogP contribution in [0.1, 0.15) is 59.3 Å². The number of nitrogens with zero attached hydrogens (tertiary/aromatic N) is 1. The molecule has 0 N–H and O–H groups in total. The molecular weight excluding hydrogens is 262 g/mol. The van der Waals surface area contributed by atoms with Crippen LogP contribution in [0.15, 0.2) is 23.9 Å². The second-order valence-electron chi connectivity index (χ2n) is 6.60. The largest absolute Gasteiger partial charge is 0.444 e. The highest BCUT2D eigenvalue weighted by molar-refractivity contribution is 5.73. The van der Waals surface area contributed by atoms with Crippen molar-refractivity contribution < 1.29 is 9.53 Å². The molecule has 1 amide bonds. The number of cyclic esters (lactones) is 1. The second kappa shape index (κ2) is 7.67. The van der Waals surface area contributed by atoms with Crippen LogP contribution in [-0.4, -0.2) is 23.6 Å². The lowest BCUT2D eigenvalue weighted by Crippen LogP contribution is -2.25. The first-order valence-electron chi connectivity index (χ1n) is 8.48. The zero-order valence-corrected chi connectivity index (χ0v) is 13.7. The van der Waals surface area contributed by atoms with E-state index in [9.17, 15) is 4.79 Å². The van der Waals surface area contributed by atoms with Gasteiger partial charge in [0, 0.05) is 5.70 Å². The Labute approximate surface area is 129 Å². The van der Waals surface area contributed by atoms with Crippen molar-refractivity contribution in [1.29, 1.82) is 0 Å². The third-order valence-electron chi connectivity index (χ3n) is 4.54. The van der Waals surface area contributed by atoms with Gasteiger partial charge in [0.25, 0.3) is 0 Å². The molecule has 1 fully saturated rings. The van der Waals surface area contributed by atoms with Crippen LogP contribution in [0, 0.1) is 11.8 Å². The monoisotopic (exact) mass is 291 g/mol.